The fourth-order valence-corrected chi connectivity index (χ4v) is 7.47. The summed E-state index contributed by atoms with van der Waals surface area (Å²) in [6, 6.07) is 65.3. The van der Waals surface area contributed by atoms with Crippen LogP contribution in [0.4, 0.5) is 0 Å². The van der Waals surface area contributed by atoms with Crippen LogP contribution in [0.15, 0.2) is 192 Å². The highest BCUT2D eigenvalue weighted by atomic mass is 16.3. The highest BCUT2D eigenvalue weighted by Crippen LogP contribution is 2.43. The number of fused-ring (bicyclic) bond motifs is 4. The van der Waals surface area contributed by atoms with Crippen molar-refractivity contribution in [3.8, 4) is 67.5 Å². The van der Waals surface area contributed by atoms with Gasteiger partial charge in [-0.25, -0.2) is 15.0 Å². The molecule has 0 aliphatic rings. The lowest BCUT2D eigenvalue weighted by atomic mass is 9.86. The Balaban J connectivity index is 1.19. The first kappa shape index (κ1) is 30.6. The van der Waals surface area contributed by atoms with E-state index in [-0.39, 0.29) is 0 Å². The van der Waals surface area contributed by atoms with Gasteiger partial charge in [0, 0.05) is 21.9 Å². The molecular formula is C49H31N3O. The number of hydrogen-bond donors (Lipinski definition) is 0. The topological polar surface area (TPSA) is 51.8 Å². The molecule has 0 atom stereocenters. The van der Waals surface area contributed by atoms with Crippen LogP contribution in [0.2, 0.25) is 0 Å². The Kier molecular flexibility index (Phi) is 7.43. The molecule has 0 fully saturated rings. The SMILES string of the molecule is c1ccc(-c2nc(-c3cccc(-c4c(-c5ccccc5-c5ccccc5)ccc5ccccc45)c3)nc(-c3cccc4c3oc3ccccc34)n2)cc1. The van der Waals surface area contributed by atoms with E-state index in [1.807, 2.05) is 60.7 Å². The summed E-state index contributed by atoms with van der Waals surface area (Å²) in [6.45, 7) is 0. The molecule has 2 heterocycles. The lowest BCUT2D eigenvalue weighted by molar-refractivity contribution is 0.669. The fraction of sp³-hybridized carbons (Fsp3) is 0. The largest absolute Gasteiger partial charge is 0.455 e. The number of aromatic nitrogens is 3. The first-order valence-corrected chi connectivity index (χ1v) is 17.8. The molecule has 4 nitrogen and oxygen atoms in total. The Hall–Kier alpha value is -7.17. The van der Waals surface area contributed by atoms with Gasteiger partial charge in [-0.2, -0.15) is 0 Å². The predicted molar refractivity (Wildman–Crippen MR) is 217 cm³/mol. The van der Waals surface area contributed by atoms with E-state index in [1.165, 1.54) is 27.5 Å². The normalized spacial score (nSPS) is 11.4. The van der Waals surface area contributed by atoms with Crippen molar-refractivity contribution in [3.05, 3.63) is 188 Å². The first-order chi connectivity index (χ1) is 26.3. The molecule has 0 bridgehead atoms. The quantitative estimate of drug-likeness (QED) is 0.176. The Labute approximate surface area is 306 Å². The monoisotopic (exact) mass is 677 g/mol. The van der Waals surface area contributed by atoms with Crippen LogP contribution < -0.4 is 0 Å². The summed E-state index contributed by atoms with van der Waals surface area (Å²) < 4.78 is 6.44. The third-order valence-electron chi connectivity index (χ3n) is 9.95. The molecule has 0 aliphatic heterocycles. The smallest absolute Gasteiger partial charge is 0.167 e. The summed E-state index contributed by atoms with van der Waals surface area (Å²) in [5, 5.41) is 4.46. The molecule has 0 amide bonds. The second kappa shape index (κ2) is 12.9. The molecule has 10 rings (SSSR count). The average Bonchev–Trinajstić information content (AvgIpc) is 3.63. The van der Waals surface area contributed by atoms with E-state index < -0.39 is 0 Å². The molecule has 0 radical (unpaired) electrons. The van der Waals surface area contributed by atoms with E-state index in [0.717, 1.165) is 55.3 Å². The van der Waals surface area contributed by atoms with E-state index in [4.69, 9.17) is 19.4 Å². The molecule has 4 heteroatoms. The van der Waals surface area contributed by atoms with Crippen molar-refractivity contribution in [2.75, 3.05) is 0 Å². The van der Waals surface area contributed by atoms with Crippen molar-refractivity contribution in [1.82, 2.24) is 15.0 Å². The minimum Gasteiger partial charge on any atom is -0.455 e. The van der Waals surface area contributed by atoms with E-state index in [2.05, 4.69) is 127 Å². The van der Waals surface area contributed by atoms with Crippen molar-refractivity contribution < 1.29 is 4.42 Å². The summed E-state index contributed by atoms with van der Waals surface area (Å²) in [7, 11) is 0. The zero-order valence-corrected chi connectivity index (χ0v) is 28.6. The van der Waals surface area contributed by atoms with Gasteiger partial charge in [0.1, 0.15) is 11.2 Å². The van der Waals surface area contributed by atoms with E-state index in [1.54, 1.807) is 0 Å². The van der Waals surface area contributed by atoms with Gasteiger partial charge >= 0.3 is 0 Å². The maximum atomic E-state index is 6.44. The van der Waals surface area contributed by atoms with Crippen LogP contribution in [-0.4, -0.2) is 15.0 Å². The molecule has 8 aromatic carbocycles. The zero-order chi connectivity index (χ0) is 35.1. The van der Waals surface area contributed by atoms with Gasteiger partial charge in [-0.1, -0.05) is 170 Å². The number of para-hydroxylation sites is 2. The van der Waals surface area contributed by atoms with E-state index in [9.17, 15) is 0 Å². The van der Waals surface area contributed by atoms with Crippen molar-refractivity contribution in [2.24, 2.45) is 0 Å². The fourth-order valence-electron chi connectivity index (χ4n) is 7.47. The Morgan fingerprint density at radius 3 is 1.72 bits per heavy atom. The summed E-state index contributed by atoms with van der Waals surface area (Å²) >= 11 is 0. The van der Waals surface area contributed by atoms with Crippen LogP contribution in [0, 0.1) is 0 Å². The van der Waals surface area contributed by atoms with E-state index >= 15 is 0 Å². The lowest BCUT2D eigenvalue weighted by Gasteiger charge is -2.18. The molecular weight excluding hydrogens is 647 g/mol. The number of benzene rings is 8. The van der Waals surface area contributed by atoms with Crippen molar-refractivity contribution in [1.29, 1.82) is 0 Å². The average molecular weight is 678 g/mol. The minimum atomic E-state index is 0.562. The standard InChI is InChI=1S/C49H31N3O/c1-3-15-32(16-4-1)37-22-9-10-24-39(37)41-30-29-33-17-7-8-23-38(33)45(41)35-20-13-21-36(31-35)48-50-47(34-18-5-2-6-19-34)51-49(52-48)43-27-14-26-42-40-25-11-12-28-44(40)53-46(42)43/h1-31H. The number of furan rings is 1. The Bertz CT molecular complexity index is 2950. The van der Waals surface area contributed by atoms with Gasteiger partial charge in [0.05, 0.1) is 5.56 Å². The molecule has 10 aromatic rings. The van der Waals surface area contributed by atoms with Crippen LogP contribution in [-0.2, 0) is 0 Å². The molecule has 0 unspecified atom stereocenters. The highest BCUT2D eigenvalue weighted by Gasteiger charge is 2.20. The van der Waals surface area contributed by atoms with Crippen LogP contribution in [0.5, 0.6) is 0 Å². The summed E-state index contributed by atoms with van der Waals surface area (Å²) in [4.78, 5) is 15.3. The first-order valence-electron chi connectivity index (χ1n) is 17.8. The third kappa shape index (κ3) is 5.45. The Morgan fingerprint density at radius 2 is 0.887 bits per heavy atom. The van der Waals surface area contributed by atoms with Gasteiger partial charge in [0.25, 0.3) is 0 Å². The van der Waals surface area contributed by atoms with Gasteiger partial charge in [0.15, 0.2) is 17.5 Å². The Morgan fingerprint density at radius 1 is 0.321 bits per heavy atom. The highest BCUT2D eigenvalue weighted by molar-refractivity contribution is 6.09. The maximum Gasteiger partial charge on any atom is 0.167 e. The van der Waals surface area contributed by atoms with Crippen LogP contribution in [0.25, 0.3) is 100 Å². The number of rotatable bonds is 6. The summed E-state index contributed by atoms with van der Waals surface area (Å²) in [5.74, 6) is 1.76. The summed E-state index contributed by atoms with van der Waals surface area (Å²) in [5.41, 5.74) is 11.2. The van der Waals surface area contributed by atoms with Crippen LogP contribution in [0.3, 0.4) is 0 Å². The summed E-state index contributed by atoms with van der Waals surface area (Å²) in [6.07, 6.45) is 0. The molecule has 248 valence electrons. The maximum absolute atomic E-state index is 6.44. The van der Waals surface area contributed by atoms with Gasteiger partial charge in [0.2, 0.25) is 0 Å². The van der Waals surface area contributed by atoms with Gasteiger partial charge in [-0.3, -0.25) is 0 Å². The zero-order valence-electron chi connectivity index (χ0n) is 28.6. The molecule has 53 heavy (non-hydrogen) atoms. The second-order valence-corrected chi connectivity index (χ2v) is 13.2. The lowest BCUT2D eigenvalue weighted by Crippen LogP contribution is -2.00. The molecule has 0 N–H and O–H groups in total. The molecule has 0 saturated heterocycles. The van der Waals surface area contributed by atoms with Gasteiger partial charge < -0.3 is 4.42 Å². The van der Waals surface area contributed by atoms with E-state index in [0.29, 0.717) is 17.5 Å². The van der Waals surface area contributed by atoms with Crippen molar-refractivity contribution in [3.63, 3.8) is 0 Å². The third-order valence-corrected chi connectivity index (χ3v) is 9.95. The van der Waals surface area contributed by atoms with Crippen molar-refractivity contribution in [2.45, 2.75) is 0 Å². The molecule has 0 saturated carbocycles. The number of nitrogens with zero attached hydrogens (tertiary/aromatic N) is 3. The van der Waals surface area contributed by atoms with Crippen molar-refractivity contribution >= 4 is 32.7 Å². The number of hydrogen-bond acceptors (Lipinski definition) is 4. The predicted octanol–water partition coefficient (Wildman–Crippen LogP) is 12.9. The van der Waals surface area contributed by atoms with Gasteiger partial charge in [-0.15, -0.1) is 0 Å². The molecule has 2 aromatic heterocycles. The van der Waals surface area contributed by atoms with Gasteiger partial charge in [-0.05, 0) is 62.4 Å². The molecule has 0 aliphatic carbocycles. The second-order valence-electron chi connectivity index (χ2n) is 13.2. The molecule has 0 spiro atoms. The minimum absolute atomic E-state index is 0.562. The van der Waals surface area contributed by atoms with Crippen LogP contribution >= 0.6 is 0 Å². The van der Waals surface area contributed by atoms with Crippen LogP contribution in [0.1, 0.15) is 0 Å².